The molecule has 2 aromatic rings. The molecule has 3 rings (SSSR count). The number of alkyl halides is 3. The quantitative estimate of drug-likeness (QED) is 0.878. The maximum atomic E-state index is 13.1. The number of carbonyl (C=O) groups is 1. The van der Waals surface area contributed by atoms with E-state index in [4.69, 9.17) is 5.11 Å². The van der Waals surface area contributed by atoms with Gasteiger partial charge in [0.15, 0.2) is 11.5 Å². The van der Waals surface area contributed by atoms with Crippen molar-refractivity contribution in [3.63, 3.8) is 0 Å². The van der Waals surface area contributed by atoms with Gasteiger partial charge in [0.1, 0.15) is 0 Å². The molecule has 10 heteroatoms. The van der Waals surface area contributed by atoms with Gasteiger partial charge < -0.3 is 10.4 Å². The van der Waals surface area contributed by atoms with Gasteiger partial charge in [-0.05, 0) is 45.1 Å². The average Bonchev–Trinajstić information content (AvgIpc) is 2.97. The van der Waals surface area contributed by atoms with Gasteiger partial charge in [-0.3, -0.25) is 4.79 Å². The lowest BCUT2D eigenvalue weighted by Gasteiger charge is -2.28. The number of carboxylic acids is 1. The summed E-state index contributed by atoms with van der Waals surface area (Å²) in [4.78, 5) is 11.0. The lowest BCUT2D eigenvalue weighted by molar-refractivity contribution is -0.146. The van der Waals surface area contributed by atoms with E-state index >= 15 is 0 Å². The third kappa shape index (κ3) is 3.24. The number of aromatic nitrogens is 4. The highest BCUT2D eigenvalue weighted by Gasteiger charge is 2.38. The minimum absolute atomic E-state index is 0.0236. The molecule has 0 aromatic carbocycles. The zero-order valence-corrected chi connectivity index (χ0v) is 13.8. The van der Waals surface area contributed by atoms with Crippen molar-refractivity contribution in [1.82, 2.24) is 19.8 Å². The maximum absolute atomic E-state index is 13.1. The summed E-state index contributed by atoms with van der Waals surface area (Å²) in [5.41, 5.74) is 1.35. The minimum Gasteiger partial charge on any atom is -0.481 e. The Morgan fingerprint density at radius 1 is 1.16 bits per heavy atom. The highest BCUT2D eigenvalue weighted by molar-refractivity contribution is 5.70. The summed E-state index contributed by atoms with van der Waals surface area (Å²) in [6, 6.07) is -0.0236. The van der Waals surface area contributed by atoms with Crippen LogP contribution in [0.5, 0.6) is 0 Å². The van der Waals surface area contributed by atoms with Gasteiger partial charge in [0.25, 0.3) is 5.82 Å². The van der Waals surface area contributed by atoms with E-state index in [-0.39, 0.29) is 17.6 Å². The summed E-state index contributed by atoms with van der Waals surface area (Å²) >= 11 is 0. The highest BCUT2D eigenvalue weighted by Crippen LogP contribution is 2.31. The first-order valence-corrected chi connectivity index (χ1v) is 7.97. The number of aryl methyl sites for hydroxylation is 1. The summed E-state index contributed by atoms with van der Waals surface area (Å²) in [6.45, 7) is 3.43. The fraction of sp³-hybridized carbons (Fsp3) is 0.600. The fourth-order valence-corrected chi connectivity index (χ4v) is 3.12. The minimum atomic E-state index is -4.65. The summed E-state index contributed by atoms with van der Waals surface area (Å²) in [5.74, 6) is -1.98. The Morgan fingerprint density at radius 3 is 2.36 bits per heavy atom. The van der Waals surface area contributed by atoms with Gasteiger partial charge in [-0.2, -0.15) is 17.7 Å². The monoisotopic (exact) mass is 357 g/mol. The molecule has 0 unspecified atom stereocenters. The zero-order valence-electron chi connectivity index (χ0n) is 13.8. The Labute approximate surface area is 141 Å². The first-order chi connectivity index (χ1) is 11.7. The molecule has 0 saturated heterocycles. The van der Waals surface area contributed by atoms with Crippen molar-refractivity contribution in [1.29, 1.82) is 0 Å². The molecule has 0 aliphatic heterocycles. The molecular formula is C15H18F3N5O2. The number of fused-ring (bicyclic) bond motifs is 1. The molecule has 1 saturated carbocycles. The second-order valence-corrected chi connectivity index (χ2v) is 6.39. The summed E-state index contributed by atoms with van der Waals surface area (Å²) < 4.78 is 39.9. The Balaban J connectivity index is 1.89. The number of carboxylic acid groups (broad SMARTS) is 1. The molecular weight excluding hydrogens is 339 g/mol. The van der Waals surface area contributed by atoms with Gasteiger partial charge in [-0.15, -0.1) is 15.3 Å². The van der Waals surface area contributed by atoms with Crippen LogP contribution in [0.1, 0.15) is 42.6 Å². The van der Waals surface area contributed by atoms with Crippen LogP contribution in [0.25, 0.3) is 5.65 Å². The van der Waals surface area contributed by atoms with Crippen LogP contribution in [0.4, 0.5) is 19.0 Å². The Hall–Kier alpha value is -2.39. The second kappa shape index (κ2) is 6.16. The van der Waals surface area contributed by atoms with Crippen molar-refractivity contribution in [2.45, 2.75) is 51.7 Å². The van der Waals surface area contributed by atoms with Crippen LogP contribution in [-0.4, -0.2) is 36.9 Å². The topological polar surface area (TPSA) is 92.4 Å². The molecule has 1 fully saturated rings. The van der Waals surface area contributed by atoms with Gasteiger partial charge in [0, 0.05) is 11.6 Å². The molecule has 0 spiro atoms. The van der Waals surface area contributed by atoms with E-state index in [1.807, 2.05) is 0 Å². The highest BCUT2D eigenvalue weighted by atomic mass is 19.4. The maximum Gasteiger partial charge on any atom is 0.453 e. The molecule has 2 heterocycles. The van der Waals surface area contributed by atoms with Crippen molar-refractivity contribution < 1.29 is 23.1 Å². The largest absolute Gasteiger partial charge is 0.481 e. The number of hydrogen-bond donors (Lipinski definition) is 2. The van der Waals surface area contributed by atoms with Gasteiger partial charge in [-0.1, -0.05) is 0 Å². The average molecular weight is 357 g/mol. The lowest BCUT2D eigenvalue weighted by Crippen LogP contribution is -2.30. The first-order valence-electron chi connectivity index (χ1n) is 7.97. The predicted octanol–water partition coefficient (Wildman–Crippen LogP) is 2.82. The first kappa shape index (κ1) is 17.4. The number of rotatable bonds is 3. The number of aliphatic carboxylic acids is 1. The number of halogens is 3. The van der Waals surface area contributed by atoms with E-state index in [0.29, 0.717) is 47.1 Å². The normalized spacial score (nSPS) is 21.5. The van der Waals surface area contributed by atoms with Crippen LogP contribution >= 0.6 is 0 Å². The van der Waals surface area contributed by atoms with E-state index in [2.05, 4.69) is 20.6 Å². The Morgan fingerprint density at radius 2 is 1.80 bits per heavy atom. The number of nitrogens with zero attached hydrogens (tertiary/aromatic N) is 4. The molecule has 25 heavy (non-hydrogen) atoms. The molecule has 7 nitrogen and oxygen atoms in total. The van der Waals surface area contributed by atoms with Crippen LogP contribution in [0.3, 0.4) is 0 Å². The van der Waals surface area contributed by atoms with E-state index in [0.717, 1.165) is 0 Å². The number of nitrogens with one attached hydrogen (secondary N) is 1. The smallest absolute Gasteiger partial charge is 0.453 e. The van der Waals surface area contributed by atoms with Crippen LogP contribution in [-0.2, 0) is 11.0 Å². The van der Waals surface area contributed by atoms with Gasteiger partial charge in [0.2, 0.25) is 0 Å². The van der Waals surface area contributed by atoms with E-state index in [1.54, 1.807) is 13.8 Å². The predicted molar refractivity (Wildman–Crippen MR) is 82.3 cm³/mol. The van der Waals surface area contributed by atoms with Crippen molar-refractivity contribution >= 4 is 17.4 Å². The molecule has 2 N–H and O–H groups in total. The van der Waals surface area contributed by atoms with E-state index < -0.39 is 18.0 Å². The summed E-state index contributed by atoms with van der Waals surface area (Å²) in [5, 5.41) is 23.1. The van der Waals surface area contributed by atoms with Crippen molar-refractivity contribution in [2.75, 3.05) is 5.32 Å². The van der Waals surface area contributed by atoms with Crippen molar-refractivity contribution in [2.24, 2.45) is 5.92 Å². The molecule has 136 valence electrons. The van der Waals surface area contributed by atoms with Gasteiger partial charge in [-0.25, -0.2) is 0 Å². The van der Waals surface area contributed by atoms with Crippen molar-refractivity contribution in [3.8, 4) is 0 Å². The lowest BCUT2D eigenvalue weighted by atomic mass is 9.86. The van der Waals surface area contributed by atoms with Crippen LogP contribution in [0.15, 0.2) is 0 Å². The third-order valence-corrected chi connectivity index (χ3v) is 4.76. The zero-order chi connectivity index (χ0) is 18.4. The van der Waals surface area contributed by atoms with Crippen LogP contribution in [0, 0.1) is 19.8 Å². The molecule has 2 aromatic heterocycles. The molecule has 1 aliphatic carbocycles. The van der Waals surface area contributed by atoms with E-state index in [1.165, 1.54) is 0 Å². The molecule has 1 aliphatic rings. The van der Waals surface area contributed by atoms with Crippen LogP contribution in [0.2, 0.25) is 0 Å². The third-order valence-electron chi connectivity index (χ3n) is 4.76. The summed E-state index contributed by atoms with van der Waals surface area (Å²) in [7, 11) is 0. The number of hydrogen-bond acceptors (Lipinski definition) is 5. The fourth-order valence-electron chi connectivity index (χ4n) is 3.12. The standard InChI is InChI=1S/C15H18F3N5O2/c1-7-8(2)12-20-21-14(15(16,17)18)23(12)22-11(7)19-10-5-3-9(4-6-10)13(24)25/h9-10H,3-6H2,1-2H3,(H,19,22)(H,24,25). The number of anilines is 1. The van der Waals surface area contributed by atoms with Gasteiger partial charge >= 0.3 is 12.1 Å². The molecule has 0 amide bonds. The molecule has 0 atom stereocenters. The van der Waals surface area contributed by atoms with Crippen LogP contribution < -0.4 is 5.32 Å². The second-order valence-electron chi connectivity index (χ2n) is 6.39. The van der Waals surface area contributed by atoms with E-state index in [9.17, 15) is 18.0 Å². The van der Waals surface area contributed by atoms with Crippen molar-refractivity contribution in [3.05, 3.63) is 17.0 Å². The summed E-state index contributed by atoms with van der Waals surface area (Å²) in [6.07, 6.45) is -2.32. The Bertz CT molecular complexity index is 810. The van der Waals surface area contributed by atoms with Gasteiger partial charge in [0.05, 0.1) is 5.92 Å². The molecule has 0 radical (unpaired) electrons. The SMILES string of the molecule is Cc1c(NC2CCC(C(=O)O)CC2)nn2c(C(F)(F)F)nnc2c1C. The molecule has 0 bridgehead atoms. The Kier molecular flexibility index (Phi) is 4.29.